The van der Waals surface area contributed by atoms with Crippen molar-refractivity contribution < 1.29 is 28.6 Å². The second-order valence-electron chi connectivity index (χ2n) is 21.3. The Bertz CT molecular complexity index is 1810. The molecule has 1 unspecified atom stereocenters. The molecule has 0 aliphatic rings. The lowest BCUT2D eigenvalue weighted by atomic mass is 10.1. The first-order valence-electron chi connectivity index (χ1n) is 33.0. The Hall–Kier alpha value is -4.97. The van der Waals surface area contributed by atoms with Crippen molar-refractivity contribution >= 4 is 17.9 Å². The van der Waals surface area contributed by atoms with Crippen LogP contribution in [-0.4, -0.2) is 37.2 Å². The first-order valence-corrected chi connectivity index (χ1v) is 33.0. The molecular formula is C75H120O6. The fourth-order valence-electron chi connectivity index (χ4n) is 8.64. The van der Waals surface area contributed by atoms with Gasteiger partial charge in [-0.05, 0) is 135 Å². The molecule has 0 amide bonds. The zero-order valence-corrected chi connectivity index (χ0v) is 52.2. The summed E-state index contributed by atoms with van der Waals surface area (Å²) in [7, 11) is 0. The van der Waals surface area contributed by atoms with Crippen LogP contribution in [0.15, 0.2) is 158 Å². The van der Waals surface area contributed by atoms with Crippen LogP contribution in [-0.2, 0) is 28.6 Å². The van der Waals surface area contributed by atoms with Gasteiger partial charge in [0.15, 0.2) is 6.10 Å². The standard InChI is InChI=1S/C75H120O6/c1-4-7-10-13-16-19-22-25-27-28-29-30-31-32-33-34-35-36-37-38-39-40-41-42-43-44-45-46-48-50-53-56-59-62-65-68-74(77)80-71-72(70-79-73(76)67-64-61-58-55-52-49-24-21-18-15-12-9-6-3)81-75(78)69-66-63-60-57-54-51-47-26-23-20-17-14-11-8-5-2/h7,9-10,12,16,18-19,21,25-27,29-30,32-33,35-36,38-39,41-42,47,49,52,58,61,72H,4-6,8,11,13-15,17,20,22-24,28,31,34,37,40,43-46,48,50-51,53-57,59-60,62-71H2,1-3H3/b10-7-,12-9-,19-16-,21-18-,27-25-,30-29-,33-32-,36-35-,39-38-,42-41-,47-26-,52-49-,61-58-. The van der Waals surface area contributed by atoms with Crippen molar-refractivity contribution in [2.45, 2.75) is 284 Å². The minimum atomic E-state index is -0.819. The van der Waals surface area contributed by atoms with E-state index in [0.29, 0.717) is 19.3 Å². The Kier molecular flexibility index (Phi) is 63.4. The van der Waals surface area contributed by atoms with Crippen LogP contribution in [0, 0.1) is 0 Å². The van der Waals surface area contributed by atoms with E-state index >= 15 is 0 Å². The number of unbranched alkanes of at least 4 members (excludes halogenated alkanes) is 21. The van der Waals surface area contributed by atoms with E-state index in [9.17, 15) is 14.4 Å². The van der Waals surface area contributed by atoms with E-state index in [1.807, 2.05) is 6.08 Å². The van der Waals surface area contributed by atoms with Crippen LogP contribution in [0.2, 0.25) is 0 Å². The lowest BCUT2D eigenvalue weighted by Gasteiger charge is -2.18. The number of hydrogen-bond donors (Lipinski definition) is 0. The molecule has 0 N–H and O–H groups in total. The Morgan fingerprint density at radius 2 is 0.506 bits per heavy atom. The number of ether oxygens (including phenoxy) is 3. The normalized spacial score (nSPS) is 13.2. The quantitative estimate of drug-likeness (QED) is 0.0261. The second-order valence-corrected chi connectivity index (χ2v) is 21.3. The van der Waals surface area contributed by atoms with Gasteiger partial charge < -0.3 is 14.2 Å². The van der Waals surface area contributed by atoms with Crippen LogP contribution in [0.4, 0.5) is 0 Å². The molecule has 0 heterocycles. The van der Waals surface area contributed by atoms with Crippen LogP contribution >= 0.6 is 0 Å². The Morgan fingerprint density at radius 1 is 0.259 bits per heavy atom. The molecule has 0 rings (SSSR count). The lowest BCUT2D eigenvalue weighted by Crippen LogP contribution is -2.30. The summed E-state index contributed by atoms with van der Waals surface area (Å²) in [6.07, 6.45) is 98.5. The van der Waals surface area contributed by atoms with Gasteiger partial charge in [-0.25, -0.2) is 0 Å². The topological polar surface area (TPSA) is 78.9 Å². The average molecular weight is 1120 g/mol. The molecule has 81 heavy (non-hydrogen) atoms. The number of carbonyl (C=O) groups excluding carboxylic acids is 3. The second kappa shape index (κ2) is 67.5. The van der Waals surface area contributed by atoms with Crippen LogP contribution < -0.4 is 0 Å². The number of carbonyl (C=O) groups is 3. The molecule has 0 bridgehead atoms. The maximum atomic E-state index is 12.9. The molecule has 6 nitrogen and oxygen atoms in total. The van der Waals surface area contributed by atoms with E-state index in [1.54, 1.807) is 0 Å². The molecule has 456 valence electrons. The molecule has 0 aromatic heterocycles. The van der Waals surface area contributed by atoms with Crippen LogP contribution in [0.3, 0.4) is 0 Å². The molecule has 0 saturated carbocycles. The van der Waals surface area contributed by atoms with Crippen LogP contribution in [0.5, 0.6) is 0 Å². The predicted molar refractivity (Wildman–Crippen MR) is 352 cm³/mol. The Balaban J connectivity index is 4.27. The summed E-state index contributed by atoms with van der Waals surface area (Å²) >= 11 is 0. The molecule has 0 aliphatic heterocycles. The number of esters is 3. The van der Waals surface area contributed by atoms with Gasteiger partial charge in [0.1, 0.15) is 13.2 Å². The summed E-state index contributed by atoms with van der Waals surface area (Å²) in [6.45, 7) is 6.33. The molecule has 0 saturated heterocycles. The summed E-state index contributed by atoms with van der Waals surface area (Å²) in [6, 6.07) is 0. The molecule has 0 aromatic rings. The molecule has 6 heteroatoms. The Labute approximate surface area is 499 Å². The maximum absolute atomic E-state index is 12.9. The zero-order chi connectivity index (χ0) is 58.5. The summed E-state index contributed by atoms with van der Waals surface area (Å²) in [5, 5.41) is 0. The van der Waals surface area contributed by atoms with Gasteiger partial charge in [0.25, 0.3) is 0 Å². The molecule has 0 aromatic carbocycles. The number of hydrogen-bond acceptors (Lipinski definition) is 6. The van der Waals surface area contributed by atoms with Gasteiger partial charge in [-0.2, -0.15) is 0 Å². The van der Waals surface area contributed by atoms with Crippen molar-refractivity contribution in [3.8, 4) is 0 Å². The summed E-state index contributed by atoms with van der Waals surface area (Å²) in [4.78, 5) is 38.2. The monoisotopic (exact) mass is 1120 g/mol. The molecule has 0 fully saturated rings. The van der Waals surface area contributed by atoms with Gasteiger partial charge in [-0.3, -0.25) is 14.4 Å². The van der Waals surface area contributed by atoms with E-state index in [0.717, 1.165) is 135 Å². The van der Waals surface area contributed by atoms with Gasteiger partial charge in [0.2, 0.25) is 0 Å². The predicted octanol–water partition coefficient (Wildman–Crippen LogP) is 22.9. The third kappa shape index (κ3) is 65.7. The molecule has 0 aliphatic carbocycles. The highest BCUT2D eigenvalue weighted by atomic mass is 16.6. The minimum Gasteiger partial charge on any atom is -0.462 e. The summed E-state index contributed by atoms with van der Waals surface area (Å²) < 4.78 is 16.8. The highest BCUT2D eigenvalue weighted by molar-refractivity contribution is 5.71. The largest absolute Gasteiger partial charge is 0.462 e. The number of allylic oxidation sites excluding steroid dienone is 26. The van der Waals surface area contributed by atoms with Gasteiger partial charge in [0.05, 0.1) is 0 Å². The SMILES string of the molecule is CC/C=C\C/C=C\C/C=C\C/C=C\C/C=C\C/C=C\C/C=C\C/C=C\CCCCCCCCCCCCC(=O)OCC(COC(=O)CC/C=C\C/C=C\C/C=C\C/C=C\CC)OC(=O)CCCCCCC/C=C\CCCCCCCC. The van der Waals surface area contributed by atoms with Gasteiger partial charge in [0, 0.05) is 19.3 Å². The molecule has 1 atom stereocenters. The van der Waals surface area contributed by atoms with Crippen LogP contribution in [0.25, 0.3) is 0 Å². The molecule has 0 radical (unpaired) electrons. The van der Waals surface area contributed by atoms with Crippen molar-refractivity contribution in [2.75, 3.05) is 13.2 Å². The van der Waals surface area contributed by atoms with E-state index in [4.69, 9.17) is 14.2 Å². The van der Waals surface area contributed by atoms with E-state index in [-0.39, 0.29) is 37.5 Å². The van der Waals surface area contributed by atoms with Crippen molar-refractivity contribution in [1.82, 2.24) is 0 Å². The first kappa shape index (κ1) is 76.0. The highest BCUT2D eigenvalue weighted by Gasteiger charge is 2.19. The van der Waals surface area contributed by atoms with Gasteiger partial charge in [-0.15, -0.1) is 0 Å². The lowest BCUT2D eigenvalue weighted by molar-refractivity contribution is -0.166. The molecule has 0 spiro atoms. The average Bonchev–Trinajstić information content (AvgIpc) is 3.46. The summed E-state index contributed by atoms with van der Waals surface area (Å²) in [5.74, 6) is -1.01. The third-order valence-electron chi connectivity index (χ3n) is 13.5. The summed E-state index contributed by atoms with van der Waals surface area (Å²) in [5.41, 5.74) is 0. The van der Waals surface area contributed by atoms with E-state index in [1.165, 1.54) is 96.3 Å². The van der Waals surface area contributed by atoms with Crippen molar-refractivity contribution in [3.63, 3.8) is 0 Å². The van der Waals surface area contributed by atoms with E-state index < -0.39 is 6.10 Å². The fourth-order valence-corrected chi connectivity index (χ4v) is 8.64. The molecular weight excluding hydrogens is 997 g/mol. The van der Waals surface area contributed by atoms with Crippen molar-refractivity contribution in [1.29, 1.82) is 0 Å². The maximum Gasteiger partial charge on any atom is 0.306 e. The third-order valence-corrected chi connectivity index (χ3v) is 13.5. The number of rotatable bonds is 58. The van der Waals surface area contributed by atoms with Crippen LogP contribution in [0.1, 0.15) is 278 Å². The van der Waals surface area contributed by atoms with Crippen molar-refractivity contribution in [2.24, 2.45) is 0 Å². The smallest absolute Gasteiger partial charge is 0.306 e. The van der Waals surface area contributed by atoms with Gasteiger partial charge >= 0.3 is 17.9 Å². The fraction of sp³-hybridized carbons (Fsp3) is 0.613. The minimum absolute atomic E-state index is 0.110. The first-order chi connectivity index (χ1) is 40.0. The van der Waals surface area contributed by atoms with Crippen molar-refractivity contribution in [3.05, 3.63) is 158 Å². The Morgan fingerprint density at radius 3 is 0.840 bits per heavy atom. The van der Waals surface area contributed by atoms with E-state index in [2.05, 4.69) is 173 Å². The van der Waals surface area contributed by atoms with Gasteiger partial charge in [-0.1, -0.05) is 281 Å². The highest BCUT2D eigenvalue weighted by Crippen LogP contribution is 2.15. The zero-order valence-electron chi connectivity index (χ0n) is 52.2.